The van der Waals surface area contributed by atoms with Gasteiger partial charge in [0.1, 0.15) is 5.56 Å². The highest BCUT2D eigenvalue weighted by Gasteiger charge is 2.36. The van der Waals surface area contributed by atoms with Crippen LogP contribution in [-0.4, -0.2) is 22.8 Å². The number of nitro benzene ring substituents is 1. The molecular weight excluding hydrogens is 288 g/mol. The van der Waals surface area contributed by atoms with Gasteiger partial charge in [-0.3, -0.25) is 24.5 Å². The molecule has 0 saturated heterocycles. The number of nitrogens with zero attached hydrogens (tertiary/aromatic N) is 1. The molecule has 0 aromatic heterocycles. The van der Waals surface area contributed by atoms with Crippen LogP contribution >= 0.6 is 0 Å². The summed E-state index contributed by atoms with van der Waals surface area (Å²) in [6.45, 7) is 0. The summed E-state index contributed by atoms with van der Waals surface area (Å²) in [6.07, 6.45) is 0.482. The van der Waals surface area contributed by atoms with Gasteiger partial charge in [-0.05, 0) is 18.2 Å². The van der Waals surface area contributed by atoms with Crippen molar-refractivity contribution in [3.05, 3.63) is 68.3 Å². The van der Waals surface area contributed by atoms with Crippen molar-refractivity contribution in [2.75, 3.05) is 5.73 Å². The van der Waals surface area contributed by atoms with Crippen LogP contribution in [0.3, 0.4) is 0 Å². The van der Waals surface area contributed by atoms with E-state index in [-0.39, 0.29) is 33.5 Å². The Balaban J connectivity index is 2.37. The van der Waals surface area contributed by atoms with Gasteiger partial charge in [-0.1, -0.05) is 6.07 Å². The third-order valence-corrected chi connectivity index (χ3v) is 3.59. The smallest absolute Gasteiger partial charge is 0.281 e. The second kappa shape index (κ2) is 4.59. The van der Waals surface area contributed by atoms with Crippen molar-refractivity contribution in [3.63, 3.8) is 0 Å². The molecule has 0 aliphatic heterocycles. The summed E-state index contributed by atoms with van der Waals surface area (Å²) in [5, 5.41) is 11.1. The molecule has 1 aliphatic carbocycles. The molecule has 0 spiro atoms. The summed E-state index contributed by atoms with van der Waals surface area (Å²) >= 11 is 0. The Morgan fingerprint density at radius 3 is 2.27 bits per heavy atom. The van der Waals surface area contributed by atoms with Crippen molar-refractivity contribution < 1.29 is 19.3 Å². The number of hydrogen-bond donors (Lipinski definition) is 1. The molecule has 0 heterocycles. The highest BCUT2D eigenvalue weighted by atomic mass is 16.6. The number of aldehydes is 1. The van der Waals surface area contributed by atoms with E-state index in [4.69, 9.17) is 5.73 Å². The van der Waals surface area contributed by atoms with Crippen molar-refractivity contribution in [1.29, 1.82) is 0 Å². The maximum atomic E-state index is 12.5. The lowest BCUT2D eigenvalue weighted by atomic mass is 9.81. The summed E-state index contributed by atoms with van der Waals surface area (Å²) in [5.41, 5.74) is 4.91. The molecule has 0 atom stereocenters. The molecule has 0 fully saturated rings. The SMILES string of the molecule is Nc1c(C=O)ccc2c1C(=O)c1cccc([N+](=O)[O-])c1C2=O. The molecule has 2 N–H and O–H groups in total. The van der Waals surface area contributed by atoms with Gasteiger partial charge in [0.25, 0.3) is 5.69 Å². The predicted molar refractivity (Wildman–Crippen MR) is 76.2 cm³/mol. The third kappa shape index (κ3) is 1.65. The van der Waals surface area contributed by atoms with E-state index in [1.807, 2.05) is 0 Å². The van der Waals surface area contributed by atoms with Gasteiger partial charge in [0, 0.05) is 22.8 Å². The van der Waals surface area contributed by atoms with E-state index in [1.165, 1.54) is 24.3 Å². The minimum absolute atomic E-state index is 0.0325. The van der Waals surface area contributed by atoms with Crippen molar-refractivity contribution in [2.45, 2.75) is 0 Å². The van der Waals surface area contributed by atoms with Gasteiger partial charge in [0.2, 0.25) is 5.78 Å². The van der Waals surface area contributed by atoms with Crippen molar-refractivity contribution >= 4 is 29.2 Å². The zero-order chi connectivity index (χ0) is 16.0. The first-order valence-electron chi connectivity index (χ1n) is 6.21. The largest absolute Gasteiger partial charge is 0.398 e. The highest BCUT2D eigenvalue weighted by molar-refractivity contribution is 6.31. The van der Waals surface area contributed by atoms with Crippen LogP contribution in [0.5, 0.6) is 0 Å². The standard InChI is InChI=1S/C15H8N2O5/c16-13-7(6-18)4-5-9-12(13)15(20)8-2-1-3-10(17(21)22)11(8)14(9)19/h1-6H,16H2. The fourth-order valence-electron chi connectivity index (χ4n) is 2.56. The number of benzene rings is 2. The van der Waals surface area contributed by atoms with Crippen molar-refractivity contribution in [3.8, 4) is 0 Å². The lowest BCUT2D eigenvalue weighted by Gasteiger charge is -2.19. The van der Waals surface area contributed by atoms with Gasteiger partial charge in [0.05, 0.1) is 16.2 Å². The first-order chi connectivity index (χ1) is 10.5. The number of hydrogen-bond acceptors (Lipinski definition) is 6. The predicted octanol–water partition coefficient (Wildman–Crippen LogP) is 1.76. The lowest BCUT2D eigenvalue weighted by Crippen LogP contribution is -2.24. The van der Waals surface area contributed by atoms with Gasteiger partial charge in [-0.15, -0.1) is 0 Å². The molecular formula is C15H8N2O5. The molecule has 22 heavy (non-hydrogen) atoms. The summed E-state index contributed by atoms with van der Waals surface area (Å²) in [5.74, 6) is -1.25. The molecule has 3 rings (SSSR count). The molecule has 0 radical (unpaired) electrons. The number of anilines is 1. The Labute approximate surface area is 123 Å². The molecule has 7 heteroatoms. The molecule has 0 bridgehead atoms. The Hall–Kier alpha value is -3.35. The van der Waals surface area contributed by atoms with E-state index in [0.29, 0.717) is 6.29 Å². The zero-order valence-electron chi connectivity index (χ0n) is 11.0. The number of carbonyl (C=O) groups is 3. The topological polar surface area (TPSA) is 120 Å². The van der Waals surface area contributed by atoms with Crippen molar-refractivity contribution in [1.82, 2.24) is 0 Å². The number of carbonyl (C=O) groups excluding carboxylic acids is 3. The second-order valence-corrected chi connectivity index (χ2v) is 4.72. The first-order valence-corrected chi connectivity index (χ1v) is 6.21. The van der Waals surface area contributed by atoms with Crippen molar-refractivity contribution in [2.24, 2.45) is 0 Å². The average molecular weight is 296 g/mol. The first kappa shape index (κ1) is 13.6. The Kier molecular flexibility index (Phi) is 2.84. The van der Waals surface area contributed by atoms with Crippen LogP contribution in [0, 0.1) is 10.1 Å². The number of ketones is 2. The lowest BCUT2D eigenvalue weighted by molar-refractivity contribution is -0.385. The van der Waals surface area contributed by atoms with Crippen LogP contribution in [0.15, 0.2) is 30.3 Å². The van der Waals surface area contributed by atoms with Gasteiger partial charge < -0.3 is 5.73 Å². The van der Waals surface area contributed by atoms with Crippen LogP contribution in [0.4, 0.5) is 11.4 Å². The molecule has 0 saturated carbocycles. The van der Waals surface area contributed by atoms with Gasteiger partial charge >= 0.3 is 0 Å². The number of nitrogens with two attached hydrogens (primary N) is 1. The van der Waals surface area contributed by atoms with Crippen LogP contribution in [0.1, 0.15) is 42.2 Å². The Morgan fingerprint density at radius 2 is 1.64 bits per heavy atom. The quantitative estimate of drug-likeness (QED) is 0.333. The van der Waals surface area contributed by atoms with E-state index >= 15 is 0 Å². The maximum absolute atomic E-state index is 12.5. The average Bonchev–Trinajstić information content (AvgIpc) is 2.51. The monoisotopic (exact) mass is 296 g/mol. The third-order valence-electron chi connectivity index (χ3n) is 3.59. The second-order valence-electron chi connectivity index (χ2n) is 4.72. The van der Waals surface area contributed by atoms with Gasteiger partial charge in [0.15, 0.2) is 12.1 Å². The number of nitrogen functional groups attached to an aromatic ring is 1. The Morgan fingerprint density at radius 1 is 1.00 bits per heavy atom. The van der Waals surface area contributed by atoms with E-state index in [2.05, 4.69) is 0 Å². The van der Waals surface area contributed by atoms with Gasteiger partial charge in [-0.25, -0.2) is 0 Å². The summed E-state index contributed by atoms with van der Waals surface area (Å²) in [4.78, 5) is 46.4. The minimum Gasteiger partial charge on any atom is -0.398 e. The van der Waals surface area contributed by atoms with Crippen LogP contribution < -0.4 is 5.73 Å². The summed E-state index contributed by atoms with van der Waals surface area (Å²) in [6, 6.07) is 6.42. The normalized spacial score (nSPS) is 12.5. The van der Waals surface area contributed by atoms with E-state index in [1.54, 1.807) is 0 Å². The van der Waals surface area contributed by atoms with Gasteiger partial charge in [-0.2, -0.15) is 0 Å². The van der Waals surface area contributed by atoms with Crippen LogP contribution in [0.25, 0.3) is 0 Å². The fourth-order valence-corrected chi connectivity index (χ4v) is 2.56. The molecule has 108 valence electrons. The molecule has 2 aromatic rings. The van der Waals surface area contributed by atoms with E-state index in [0.717, 1.165) is 6.07 Å². The molecule has 7 nitrogen and oxygen atoms in total. The molecule has 1 aliphatic rings. The van der Waals surface area contributed by atoms with E-state index < -0.39 is 22.2 Å². The Bertz CT molecular complexity index is 886. The van der Waals surface area contributed by atoms with Crippen LogP contribution in [0.2, 0.25) is 0 Å². The summed E-state index contributed by atoms with van der Waals surface area (Å²) < 4.78 is 0. The zero-order valence-corrected chi connectivity index (χ0v) is 11.0. The molecule has 2 aromatic carbocycles. The van der Waals surface area contributed by atoms with E-state index in [9.17, 15) is 24.5 Å². The highest BCUT2D eigenvalue weighted by Crippen LogP contribution is 2.36. The number of nitro groups is 1. The number of rotatable bonds is 2. The maximum Gasteiger partial charge on any atom is 0.281 e. The minimum atomic E-state index is -0.710. The van der Waals surface area contributed by atoms with Crippen LogP contribution in [-0.2, 0) is 0 Å². The molecule has 0 unspecified atom stereocenters. The number of fused-ring (bicyclic) bond motifs is 2. The summed E-state index contributed by atoms with van der Waals surface area (Å²) in [7, 11) is 0. The molecule has 0 amide bonds. The fraction of sp³-hybridized carbons (Fsp3) is 0.